The molecule has 6 N–H and O–H groups in total. The molecule has 0 atom stereocenters. The Labute approximate surface area is 195 Å². The summed E-state index contributed by atoms with van der Waals surface area (Å²) in [6, 6.07) is 8.68. The van der Waals surface area contributed by atoms with Crippen molar-refractivity contribution in [3.05, 3.63) is 47.0 Å². The van der Waals surface area contributed by atoms with Gasteiger partial charge < -0.3 is 30.8 Å². The van der Waals surface area contributed by atoms with Gasteiger partial charge in [-0.1, -0.05) is 24.3 Å². The fraction of sp³-hybridized carbons (Fsp3) is 0.261. The van der Waals surface area contributed by atoms with Crippen molar-refractivity contribution in [3.8, 4) is 11.4 Å². The number of imidazole rings is 1. The highest BCUT2D eigenvalue weighted by atomic mass is 16.5. The van der Waals surface area contributed by atoms with Gasteiger partial charge >= 0.3 is 11.9 Å². The highest BCUT2D eigenvalue weighted by molar-refractivity contribution is 6.07. The lowest BCUT2D eigenvalue weighted by molar-refractivity contribution is -0.140. The lowest BCUT2D eigenvalue weighted by Gasteiger charge is -2.15. The quantitative estimate of drug-likeness (QED) is 0.179. The summed E-state index contributed by atoms with van der Waals surface area (Å²) in [6.07, 6.45) is -0.441. The van der Waals surface area contributed by atoms with Gasteiger partial charge in [0.2, 0.25) is 0 Å². The van der Waals surface area contributed by atoms with Crippen LogP contribution >= 0.6 is 0 Å². The maximum absolute atomic E-state index is 13.0. The number of hydrogen-bond donors (Lipinski definition) is 5. The predicted molar refractivity (Wildman–Crippen MR) is 127 cm³/mol. The third kappa shape index (κ3) is 4.82. The minimum atomic E-state index is -1.11. The molecule has 0 spiro atoms. The van der Waals surface area contributed by atoms with Crippen LogP contribution in [0.1, 0.15) is 27.9 Å². The van der Waals surface area contributed by atoms with E-state index in [2.05, 4.69) is 20.4 Å². The van der Waals surface area contributed by atoms with Crippen LogP contribution in [-0.2, 0) is 27.8 Å². The van der Waals surface area contributed by atoms with Gasteiger partial charge in [0.1, 0.15) is 11.7 Å². The number of nitrogens with two attached hydrogens (primary N) is 1. The Morgan fingerprint density at radius 1 is 1.24 bits per heavy atom. The average Bonchev–Trinajstić information content (AvgIpc) is 3.14. The molecule has 0 unspecified atom stereocenters. The maximum Gasteiger partial charge on any atom is 0.307 e. The summed E-state index contributed by atoms with van der Waals surface area (Å²) in [6.45, 7) is 0.0369. The van der Waals surface area contributed by atoms with E-state index < -0.39 is 24.3 Å². The van der Waals surface area contributed by atoms with Crippen LogP contribution in [0.4, 0.5) is 5.69 Å². The first-order valence-corrected chi connectivity index (χ1v) is 10.4. The average molecular weight is 466 g/mol. The molecule has 178 valence electrons. The first kappa shape index (κ1) is 24.2. The number of benzene rings is 2. The van der Waals surface area contributed by atoms with Crippen molar-refractivity contribution in [3.63, 3.8) is 0 Å². The largest absolute Gasteiger partial charge is 0.481 e. The van der Waals surface area contributed by atoms with Gasteiger partial charge in [0.25, 0.3) is 5.91 Å². The van der Waals surface area contributed by atoms with E-state index >= 15 is 0 Å². The number of nitrogens with one attached hydrogen (secondary N) is 3. The Balaban J connectivity index is 2.15. The number of aliphatic carboxylic acids is 1. The Morgan fingerprint density at radius 3 is 2.47 bits per heavy atom. The van der Waals surface area contributed by atoms with Crippen molar-refractivity contribution in [2.24, 2.45) is 12.8 Å². The second kappa shape index (κ2) is 10.0. The zero-order valence-electron chi connectivity index (χ0n) is 19.1. The molecule has 3 aromatic rings. The number of carboxylic acids is 1. The lowest BCUT2D eigenvalue weighted by atomic mass is 9.99. The van der Waals surface area contributed by atoms with Crippen LogP contribution in [0.25, 0.3) is 22.4 Å². The molecular formula is C23H26N6O5. The van der Waals surface area contributed by atoms with Gasteiger partial charge in [0.15, 0.2) is 0 Å². The number of nitrogen functional groups attached to an aromatic ring is 1. The van der Waals surface area contributed by atoms with Crippen molar-refractivity contribution in [1.29, 1.82) is 5.41 Å². The van der Waals surface area contributed by atoms with Crippen LogP contribution in [0, 0.1) is 5.41 Å². The third-order valence-corrected chi connectivity index (χ3v) is 5.40. The molecule has 0 saturated carbocycles. The van der Waals surface area contributed by atoms with Crippen molar-refractivity contribution < 1.29 is 24.2 Å². The van der Waals surface area contributed by atoms with Crippen LogP contribution in [0.2, 0.25) is 0 Å². The molecule has 1 amide bonds. The van der Waals surface area contributed by atoms with Gasteiger partial charge in [-0.05, 0) is 6.07 Å². The molecule has 1 heterocycles. The summed E-state index contributed by atoms with van der Waals surface area (Å²) >= 11 is 0. The summed E-state index contributed by atoms with van der Waals surface area (Å²) < 4.78 is 6.39. The number of carbonyl (C=O) groups excluding carboxylic acids is 2. The van der Waals surface area contributed by atoms with Crippen LogP contribution in [0.3, 0.4) is 0 Å². The van der Waals surface area contributed by atoms with Crippen LogP contribution in [-0.4, -0.2) is 59.0 Å². The number of carboxylic acid groups (broad SMARTS) is 1. The number of rotatable bonds is 9. The van der Waals surface area contributed by atoms with E-state index in [1.165, 1.54) is 7.11 Å². The second-order valence-corrected chi connectivity index (χ2v) is 7.53. The van der Waals surface area contributed by atoms with Crippen molar-refractivity contribution in [2.45, 2.75) is 12.8 Å². The van der Waals surface area contributed by atoms with Gasteiger partial charge in [-0.2, -0.15) is 0 Å². The Hall–Kier alpha value is -4.41. The van der Waals surface area contributed by atoms with Gasteiger partial charge in [0.05, 0.1) is 36.5 Å². The van der Waals surface area contributed by atoms with Crippen LogP contribution < -0.4 is 16.4 Å². The van der Waals surface area contributed by atoms with Gasteiger partial charge in [0, 0.05) is 43.0 Å². The smallest absolute Gasteiger partial charge is 0.307 e. The predicted octanol–water partition coefficient (Wildman–Crippen LogP) is 1.49. The van der Waals surface area contributed by atoms with E-state index in [0.717, 1.165) is 5.56 Å². The summed E-state index contributed by atoms with van der Waals surface area (Å²) in [5.74, 6) is -1.61. The fourth-order valence-corrected chi connectivity index (χ4v) is 3.69. The maximum atomic E-state index is 13.0. The van der Waals surface area contributed by atoms with E-state index in [9.17, 15) is 19.5 Å². The SMILES string of the molecule is CNc1cc2c(nc(-c3ccc(C(=N)N)cc3)n2C)c(CC(=O)O)c1C(=O)NCCC(=O)OC. The zero-order chi connectivity index (χ0) is 25.0. The number of amides is 1. The minimum absolute atomic E-state index is 0.0162. The number of methoxy groups -OCH3 is 1. The molecule has 1 aromatic heterocycles. The molecule has 0 bridgehead atoms. The molecule has 2 aromatic carbocycles. The molecule has 3 rings (SSSR count). The molecule has 0 fully saturated rings. The number of anilines is 1. The Morgan fingerprint density at radius 2 is 1.91 bits per heavy atom. The summed E-state index contributed by atoms with van der Waals surface area (Å²) in [5, 5.41) is 22.7. The molecule has 0 saturated heterocycles. The van der Waals surface area contributed by atoms with Crippen molar-refractivity contribution >= 4 is 40.4 Å². The number of aromatic nitrogens is 2. The number of fused-ring (bicyclic) bond motifs is 1. The van der Waals surface area contributed by atoms with E-state index in [-0.39, 0.29) is 29.9 Å². The first-order valence-electron chi connectivity index (χ1n) is 10.4. The summed E-state index contributed by atoms with van der Waals surface area (Å²) in [7, 11) is 4.69. The van der Waals surface area contributed by atoms with Gasteiger partial charge in [-0.15, -0.1) is 0 Å². The third-order valence-electron chi connectivity index (χ3n) is 5.40. The highest BCUT2D eigenvalue weighted by Crippen LogP contribution is 2.33. The second-order valence-electron chi connectivity index (χ2n) is 7.53. The van der Waals surface area contributed by atoms with Crippen molar-refractivity contribution in [1.82, 2.24) is 14.9 Å². The van der Waals surface area contributed by atoms with E-state index in [1.807, 2.05) is 4.57 Å². The fourth-order valence-electron chi connectivity index (χ4n) is 3.69. The van der Waals surface area contributed by atoms with E-state index in [1.54, 1.807) is 44.4 Å². The number of aryl methyl sites for hydroxylation is 1. The number of amidine groups is 1. The molecule has 34 heavy (non-hydrogen) atoms. The highest BCUT2D eigenvalue weighted by Gasteiger charge is 2.25. The molecule has 0 radical (unpaired) electrons. The molecule has 0 aliphatic heterocycles. The molecule has 0 aliphatic rings. The lowest BCUT2D eigenvalue weighted by Crippen LogP contribution is -2.28. The van der Waals surface area contributed by atoms with Crippen LogP contribution in [0.5, 0.6) is 0 Å². The van der Waals surface area contributed by atoms with E-state index in [4.69, 9.17) is 11.1 Å². The van der Waals surface area contributed by atoms with Crippen LogP contribution in [0.15, 0.2) is 30.3 Å². The molecular weight excluding hydrogens is 440 g/mol. The topological polar surface area (TPSA) is 172 Å². The normalized spacial score (nSPS) is 10.7. The Kier molecular flexibility index (Phi) is 7.15. The number of esters is 1. The van der Waals surface area contributed by atoms with Gasteiger partial charge in [-0.25, -0.2) is 4.98 Å². The van der Waals surface area contributed by atoms with E-state index in [0.29, 0.717) is 28.1 Å². The number of nitrogens with zero attached hydrogens (tertiary/aromatic N) is 2. The standard InChI is InChI=1S/C23H26N6O5/c1-26-15-11-16-20(28-22(29(16)2)13-6-4-12(5-7-13)21(24)25)14(10-17(30)31)19(15)23(33)27-9-8-18(32)34-3/h4-7,11,26H,8-10H2,1-3H3,(H3,24,25)(H,27,33)(H,30,31). The number of ether oxygens (including phenoxy) is 1. The molecule has 11 nitrogen and oxygen atoms in total. The Bertz CT molecular complexity index is 1280. The summed E-state index contributed by atoms with van der Waals surface area (Å²) in [4.78, 5) is 40.8. The first-order chi connectivity index (χ1) is 16.2. The number of carbonyl (C=O) groups is 3. The molecule has 11 heteroatoms. The number of hydrogen-bond acceptors (Lipinski definition) is 7. The summed E-state index contributed by atoms with van der Waals surface area (Å²) in [5.41, 5.74) is 8.69. The zero-order valence-corrected chi connectivity index (χ0v) is 19.1. The monoisotopic (exact) mass is 466 g/mol. The minimum Gasteiger partial charge on any atom is -0.481 e. The van der Waals surface area contributed by atoms with Gasteiger partial charge in [-0.3, -0.25) is 19.8 Å². The van der Waals surface area contributed by atoms with Crippen molar-refractivity contribution in [2.75, 3.05) is 26.0 Å². The molecule has 0 aliphatic carbocycles.